The molecule has 0 aliphatic rings. The first-order chi connectivity index (χ1) is 11.7. The van der Waals surface area contributed by atoms with E-state index in [1.807, 2.05) is 47.9 Å². The van der Waals surface area contributed by atoms with Gasteiger partial charge >= 0.3 is 0 Å². The van der Waals surface area contributed by atoms with Crippen molar-refractivity contribution in [3.63, 3.8) is 0 Å². The molecule has 118 valence electrons. The van der Waals surface area contributed by atoms with Gasteiger partial charge in [0.15, 0.2) is 5.82 Å². The lowest BCUT2D eigenvalue weighted by Gasteiger charge is -1.91. The minimum atomic E-state index is -0.168. The molecule has 0 fully saturated rings. The molecule has 7 heteroatoms. The van der Waals surface area contributed by atoms with Gasteiger partial charge in [-0.2, -0.15) is 9.50 Å². The minimum Gasteiger partial charge on any atom is -0.266 e. The molecule has 0 aliphatic carbocycles. The number of halogens is 1. The molecule has 0 N–H and O–H groups in total. The molecule has 0 atom stereocenters. The number of aromatic nitrogens is 3. The minimum absolute atomic E-state index is 0.168. The van der Waals surface area contributed by atoms with Crippen molar-refractivity contribution in [3.05, 3.63) is 78.0 Å². The van der Waals surface area contributed by atoms with Crippen molar-refractivity contribution in [3.8, 4) is 0 Å². The molecule has 0 aliphatic heterocycles. The number of hydrogen-bond acceptors (Lipinski definition) is 5. The highest BCUT2D eigenvalue weighted by Crippen LogP contribution is 2.13. The average Bonchev–Trinajstić information content (AvgIpc) is 3.25. The lowest BCUT2D eigenvalue weighted by molar-refractivity contribution is 0.925. The Labute approximate surface area is 150 Å². The maximum absolute atomic E-state index is 12.4. The van der Waals surface area contributed by atoms with Crippen molar-refractivity contribution in [1.82, 2.24) is 14.6 Å². The highest BCUT2D eigenvalue weighted by atomic mass is 35.5. The predicted molar refractivity (Wildman–Crippen MR) is 101 cm³/mol. The Morgan fingerprint density at radius 2 is 2.08 bits per heavy atom. The van der Waals surface area contributed by atoms with Gasteiger partial charge in [0.05, 0.1) is 4.53 Å². The molecule has 0 unspecified atom stereocenters. The molecule has 0 saturated heterocycles. The Kier molecular flexibility index (Phi) is 4.02. The number of nitrogens with zero attached hydrogens (tertiary/aromatic N) is 3. The average molecular weight is 372 g/mol. The fourth-order valence-corrected chi connectivity index (χ4v) is 3.94. The number of thiophene rings is 1. The molecule has 1 aromatic carbocycles. The third-order valence-electron chi connectivity index (χ3n) is 3.28. The number of rotatable bonds is 3. The van der Waals surface area contributed by atoms with Crippen molar-refractivity contribution in [2.45, 2.75) is 0 Å². The quantitative estimate of drug-likeness (QED) is 0.553. The van der Waals surface area contributed by atoms with E-state index >= 15 is 0 Å². The highest BCUT2D eigenvalue weighted by molar-refractivity contribution is 7.15. The summed E-state index contributed by atoms with van der Waals surface area (Å²) in [6, 6.07) is 11.4. The molecule has 24 heavy (non-hydrogen) atoms. The summed E-state index contributed by atoms with van der Waals surface area (Å²) in [5, 5.41) is 6.91. The van der Waals surface area contributed by atoms with Crippen LogP contribution in [0.3, 0.4) is 0 Å². The molecule has 3 aromatic heterocycles. The fourth-order valence-electron chi connectivity index (χ4n) is 2.21. The third kappa shape index (κ3) is 3.03. The zero-order valence-electron chi connectivity index (χ0n) is 12.2. The largest absolute Gasteiger partial charge is 0.291 e. The van der Waals surface area contributed by atoms with E-state index in [-0.39, 0.29) is 5.56 Å². The van der Waals surface area contributed by atoms with Gasteiger partial charge in [-0.25, -0.2) is 0 Å². The monoisotopic (exact) mass is 371 g/mol. The number of thiazole rings is 1. The summed E-state index contributed by atoms with van der Waals surface area (Å²) in [5.41, 5.74) is 0.708. The normalized spacial score (nSPS) is 12.6. The lowest BCUT2D eigenvalue weighted by Crippen LogP contribution is -2.23. The first-order valence-electron chi connectivity index (χ1n) is 7.07. The van der Waals surface area contributed by atoms with Crippen molar-refractivity contribution >= 4 is 57.5 Å². The van der Waals surface area contributed by atoms with Crippen LogP contribution >= 0.6 is 34.3 Å². The first kappa shape index (κ1) is 15.3. The Balaban J connectivity index is 1.72. The first-order valence-corrected chi connectivity index (χ1v) is 9.15. The van der Waals surface area contributed by atoms with Gasteiger partial charge in [-0.15, -0.1) is 16.4 Å². The summed E-state index contributed by atoms with van der Waals surface area (Å²) in [4.78, 5) is 18.5. The Hall–Kier alpha value is -2.28. The summed E-state index contributed by atoms with van der Waals surface area (Å²) in [7, 11) is 0. The van der Waals surface area contributed by atoms with Crippen molar-refractivity contribution in [2.75, 3.05) is 0 Å². The number of benzene rings is 1. The van der Waals surface area contributed by atoms with Gasteiger partial charge in [0.2, 0.25) is 4.96 Å². The van der Waals surface area contributed by atoms with Gasteiger partial charge in [0.25, 0.3) is 5.56 Å². The van der Waals surface area contributed by atoms with Crippen LogP contribution in [0.4, 0.5) is 0 Å². The Morgan fingerprint density at radius 3 is 2.83 bits per heavy atom. The van der Waals surface area contributed by atoms with E-state index in [9.17, 15) is 4.79 Å². The second-order valence-electron chi connectivity index (χ2n) is 4.98. The molecule has 0 radical (unpaired) electrons. The lowest BCUT2D eigenvalue weighted by atomic mass is 10.2. The molecule has 4 nitrogen and oxygen atoms in total. The van der Waals surface area contributed by atoms with Crippen LogP contribution in [0.2, 0.25) is 5.02 Å². The predicted octanol–water partition coefficient (Wildman–Crippen LogP) is 3.58. The van der Waals surface area contributed by atoms with E-state index < -0.39 is 0 Å². The van der Waals surface area contributed by atoms with Crippen LogP contribution in [0.15, 0.2) is 46.6 Å². The summed E-state index contributed by atoms with van der Waals surface area (Å²) in [6.07, 6.45) is 5.55. The van der Waals surface area contributed by atoms with Crippen LogP contribution in [0, 0.1) is 0 Å². The van der Waals surface area contributed by atoms with Crippen LogP contribution in [-0.2, 0) is 0 Å². The zero-order valence-corrected chi connectivity index (χ0v) is 14.6. The molecular weight excluding hydrogens is 362 g/mol. The van der Waals surface area contributed by atoms with Crippen LogP contribution < -0.4 is 10.1 Å². The highest BCUT2D eigenvalue weighted by Gasteiger charge is 2.08. The molecular formula is C17H10ClN3OS2. The van der Waals surface area contributed by atoms with E-state index in [0.717, 1.165) is 10.4 Å². The van der Waals surface area contributed by atoms with Crippen LogP contribution in [0.1, 0.15) is 16.3 Å². The van der Waals surface area contributed by atoms with Crippen LogP contribution in [0.25, 0.3) is 23.2 Å². The SMILES string of the molecule is O=c1/c(=C\c2cccc(Cl)c2)sc2nc(/C=C/c3cccs3)nn12. The van der Waals surface area contributed by atoms with Crippen molar-refractivity contribution in [1.29, 1.82) is 0 Å². The molecule has 0 spiro atoms. The summed E-state index contributed by atoms with van der Waals surface area (Å²) < 4.78 is 1.93. The van der Waals surface area contributed by atoms with E-state index in [2.05, 4.69) is 10.1 Å². The zero-order chi connectivity index (χ0) is 16.5. The molecule has 0 amide bonds. The number of fused-ring (bicyclic) bond motifs is 1. The second kappa shape index (κ2) is 6.32. The van der Waals surface area contributed by atoms with Gasteiger partial charge in [-0.3, -0.25) is 4.79 Å². The fraction of sp³-hybridized carbons (Fsp3) is 0. The van der Waals surface area contributed by atoms with Crippen molar-refractivity contribution < 1.29 is 0 Å². The Morgan fingerprint density at radius 1 is 1.17 bits per heavy atom. The third-order valence-corrected chi connectivity index (χ3v) is 5.32. The van der Waals surface area contributed by atoms with Gasteiger partial charge in [-0.1, -0.05) is 41.1 Å². The van der Waals surface area contributed by atoms with Crippen molar-refractivity contribution in [2.24, 2.45) is 0 Å². The van der Waals surface area contributed by atoms with E-state index in [1.54, 1.807) is 23.5 Å². The van der Waals surface area contributed by atoms with E-state index in [0.29, 0.717) is 20.3 Å². The summed E-state index contributed by atoms with van der Waals surface area (Å²) in [5.74, 6) is 0.529. The van der Waals surface area contributed by atoms with Crippen LogP contribution in [-0.4, -0.2) is 14.6 Å². The van der Waals surface area contributed by atoms with Gasteiger partial charge in [0, 0.05) is 9.90 Å². The molecule has 3 heterocycles. The molecule has 0 bridgehead atoms. The smallest absolute Gasteiger partial charge is 0.266 e. The topological polar surface area (TPSA) is 47.3 Å². The molecule has 0 saturated carbocycles. The maximum atomic E-state index is 12.4. The summed E-state index contributed by atoms with van der Waals surface area (Å²) in [6.45, 7) is 0. The standard InChI is InChI=1S/C17H10ClN3OS2/c18-12-4-1-3-11(9-12)10-14-16(22)21-17(24-14)19-15(20-21)7-6-13-5-2-8-23-13/h1-10H/b7-6+,14-10+. The second-order valence-corrected chi connectivity index (χ2v) is 7.41. The van der Waals surface area contributed by atoms with Gasteiger partial charge in [-0.05, 0) is 47.4 Å². The van der Waals surface area contributed by atoms with Gasteiger partial charge in [0.1, 0.15) is 0 Å². The molecule has 4 aromatic rings. The van der Waals surface area contributed by atoms with Crippen LogP contribution in [0.5, 0.6) is 0 Å². The molecule has 4 rings (SSSR count). The Bertz CT molecular complexity index is 1140. The van der Waals surface area contributed by atoms with E-state index in [1.165, 1.54) is 15.9 Å². The maximum Gasteiger partial charge on any atom is 0.291 e. The summed E-state index contributed by atoms with van der Waals surface area (Å²) >= 11 is 8.93. The number of hydrogen-bond donors (Lipinski definition) is 0. The van der Waals surface area contributed by atoms with Gasteiger partial charge < -0.3 is 0 Å². The van der Waals surface area contributed by atoms with E-state index in [4.69, 9.17) is 11.6 Å².